The van der Waals surface area contributed by atoms with Crippen LogP contribution < -0.4 is 5.73 Å². The second kappa shape index (κ2) is 18.3. The molecule has 10 unspecified atom stereocenters. The van der Waals surface area contributed by atoms with E-state index >= 15 is 0 Å². The van der Waals surface area contributed by atoms with E-state index in [0.29, 0.717) is 0 Å². The second-order valence-corrected chi connectivity index (χ2v) is 8.59. The average molecular weight is 1140 g/mol. The van der Waals surface area contributed by atoms with Crippen molar-refractivity contribution < 1.29 is 166 Å². The van der Waals surface area contributed by atoms with Crippen LogP contribution in [0.4, 0.5) is 0 Å². The Morgan fingerprint density at radius 1 is 1.12 bits per heavy atom. The number of methoxy groups -OCH3 is 1. The van der Waals surface area contributed by atoms with Gasteiger partial charge in [0.25, 0.3) is 0 Å². The summed E-state index contributed by atoms with van der Waals surface area (Å²) in [4.78, 5) is 3.65. The van der Waals surface area contributed by atoms with E-state index in [-0.39, 0.29) is 138 Å². The van der Waals surface area contributed by atoms with E-state index in [0.717, 1.165) is 4.90 Å². The standard InChI is InChI=1S/C19H28N4O7S.3Ac/c1-9-16(27-2)12(20)17(19(28-9)31-10-6-4-3-5-7-10)30-18-13(22-23-21)15(26)14(25)11(8-24)29-18;;;/h3-7,9,11-19,24-26H,8,20H2,1-2H3;;;. The monoisotopic (exact) mass is 1140 g/mol. The molecule has 2 fully saturated rings. The fourth-order valence-corrected chi connectivity index (χ4v) is 4.99. The summed E-state index contributed by atoms with van der Waals surface area (Å²) in [5, 5.41) is 33.6. The van der Waals surface area contributed by atoms with Gasteiger partial charge in [-0.15, -0.1) is 0 Å². The molecule has 10 atom stereocenters. The molecule has 2 saturated heterocycles. The van der Waals surface area contributed by atoms with Crippen molar-refractivity contribution in [2.24, 2.45) is 10.8 Å². The largest absolute Gasteiger partial charge is 0.394 e. The molecular weight excluding hydrogens is 1110 g/mol. The van der Waals surface area contributed by atoms with Crippen LogP contribution in [-0.4, -0.2) is 89.5 Å². The summed E-state index contributed by atoms with van der Waals surface area (Å²) in [6.07, 6.45) is -6.92. The zero-order valence-corrected chi connectivity index (χ0v) is 34.0. The molecule has 3 rings (SSSR count). The first kappa shape index (κ1) is 36.9. The van der Waals surface area contributed by atoms with Gasteiger partial charge in [0.05, 0.1) is 24.9 Å². The van der Waals surface area contributed by atoms with Crippen molar-refractivity contribution in [1.82, 2.24) is 0 Å². The predicted molar refractivity (Wildman–Crippen MR) is 111 cm³/mol. The van der Waals surface area contributed by atoms with Crippen molar-refractivity contribution in [3.8, 4) is 0 Å². The van der Waals surface area contributed by atoms with E-state index < -0.39 is 60.9 Å². The van der Waals surface area contributed by atoms with Crippen molar-refractivity contribution in [3.05, 3.63) is 40.8 Å². The number of benzene rings is 1. The van der Waals surface area contributed by atoms with Crippen LogP contribution in [0.15, 0.2) is 40.3 Å². The number of aliphatic hydroxyl groups excluding tert-OH is 3. The summed E-state index contributed by atoms with van der Waals surface area (Å²) in [5.74, 6) is 0. The Kier molecular flexibility index (Phi) is 19.8. The third-order valence-electron chi connectivity index (χ3n) is 5.43. The van der Waals surface area contributed by atoms with Gasteiger partial charge in [-0.25, -0.2) is 0 Å². The Labute approximate surface area is 310 Å². The molecule has 1 aromatic carbocycles. The fraction of sp³-hybridized carbons (Fsp3) is 0.684. The quantitative estimate of drug-likeness (QED) is 0.171. The topological polar surface area (TPSA) is 172 Å². The van der Waals surface area contributed by atoms with Gasteiger partial charge >= 0.3 is 0 Å². The molecular formula is C19H28Ac3N4O7S. The van der Waals surface area contributed by atoms with Gasteiger partial charge in [0.15, 0.2) is 6.29 Å². The Morgan fingerprint density at radius 3 is 2.32 bits per heavy atom. The van der Waals surface area contributed by atoms with Crippen LogP contribution in [0.5, 0.6) is 0 Å². The third kappa shape index (κ3) is 9.23. The number of aliphatic hydroxyl groups is 3. The molecule has 2 heterocycles. The van der Waals surface area contributed by atoms with Crippen molar-refractivity contribution >= 4 is 11.8 Å². The van der Waals surface area contributed by atoms with E-state index in [9.17, 15) is 15.3 Å². The van der Waals surface area contributed by atoms with Crippen LogP contribution in [-0.2, 0) is 18.9 Å². The molecule has 1 aromatic rings. The van der Waals surface area contributed by atoms with Gasteiger partial charge in [-0.05, 0) is 24.6 Å². The van der Waals surface area contributed by atoms with Gasteiger partial charge in [-0.1, -0.05) is 35.1 Å². The molecule has 0 amide bonds. The number of azide groups is 1. The number of rotatable bonds is 7. The van der Waals surface area contributed by atoms with Gasteiger partial charge < -0.3 is 40.0 Å². The van der Waals surface area contributed by atoms with Crippen LogP contribution >= 0.6 is 11.8 Å². The number of nitrogens with two attached hydrogens (primary N) is 1. The van der Waals surface area contributed by atoms with Crippen LogP contribution in [0.25, 0.3) is 10.4 Å². The molecule has 34 heavy (non-hydrogen) atoms. The molecule has 3 radical (unpaired) electrons. The zero-order valence-electron chi connectivity index (χ0n) is 18.9. The first-order valence-electron chi connectivity index (χ1n) is 9.89. The summed E-state index contributed by atoms with van der Waals surface area (Å²) < 4.78 is 23.4. The molecule has 0 bridgehead atoms. The number of ether oxygens (including phenoxy) is 4. The van der Waals surface area contributed by atoms with Gasteiger partial charge in [-0.2, -0.15) is 0 Å². The first-order chi connectivity index (χ1) is 14.9. The first-order valence-corrected chi connectivity index (χ1v) is 10.8. The molecule has 181 valence electrons. The fourth-order valence-electron chi connectivity index (χ4n) is 3.80. The maximum Gasteiger partial charge on any atom is 0.169 e. The second-order valence-electron chi connectivity index (χ2n) is 7.42. The van der Waals surface area contributed by atoms with Gasteiger partial charge in [-0.3, -0.25) is 0 Å². The molecule has 2 aliphatic rings. The van der Waals surface area contributed by atoms with Gasteiger partial charge in [0.1, 0.15) is 35.9 Å². The maximum absolute atomic E-state index is 10.4. The van der Waals surface area contributed by atoms with E-state index in [1.165, 1.54) is 18.9 Å². The predicted octanol–water partition coefficient (Wildman–Crippen LogP) is 0.369. The summed E-state index contributed by atoms with van der Waals surface area (Å²) in [6.45, 7) is 1.29. The molecule has 15 heteroatoms. The molecule has 2 aliphatic heterocycles. The van der Waals surface area contributed by atoms with Crippen molar-refractivity contribution in [2.75, 3.05) is 13.7 Å². The number of thioether (sulfide) groups is 1. The SMILES string of the molecule is COC1C(C)OC(Sc2ccccc2)C(OC2OC(CO)C(O)C(O)C2N=[N+]=[N-])C1N.[Ac].[Ac].[Ac]. The molecule has 5 N–H and O–H groups in total. The molecule has 0 spiro atoms. The maximum atomic E-state index is 10.4. The third-order valence-corrected chi connectivity index (χ3v) is 6.59. The molecule has 11 nitrogen and oxygen atoms in total. The summed E-state index contributed by atoms with van der Waals surface area (Å²) >= 11 is 1.40. The normalized spacial score (nSPS) is 37.2. The van der Waals surface area contributed by atoms with Crippen molar-refractivity contribution in [2.45, 2.75) is 72.3 Å². The molecule has 0 saturated carbocycles. The van der Waals surface area contributed by atoms with E-state index in [1.807, 2.05) is 37.3 Å². The minimum absolute atomic E-state index is 0. The van der Waals surface area contributed by atoms with E-state index in [2.05, 4.69) is 10.0 Å². The molecule has 0 aliphatic carbocycles. The average Bonchev–Trinajstić information content (AvgIpc) is 2.76. The summed E-state index contributed by atoms with van der Waals surface area (Å²) in [5.41, 5.74) is 14.8. The molecule has 0 aromatic heterocycles. The minimum Gasteiger partial charge on any atom is -0.394 e. The Morgan fingerprint density at radius 2 is 1.76 bits per heavy atom. The van der Waals surface area contributed by atoms with Crippen LogP contribution in [0.2, 0.25) is 0 Å². The minimum atomic E-state index is -1.50. The van der Waals surface area contributed by atoms with Crippen molar-refractivity contribution in [1.29, 1.82) is 0 Å². The van der Waals surface area contributed by atoms with Crippen LogP contribution in [0.3, 0.4) is 0 Å². The number of nitrogens with zero attached hydrogens (tertiary/aromatic N) is 3. The van der Waals surface area contributed by atoms with E-state index in [4.69, 9.17) is 30.2 Å². The van der Waals surface area contributed by atoms with Crippen molar-refractivity contribution in [3.63, 3.8) is 0 Å². The zero-order chi connectivity index (χ0) is 22.5. The Balaban J connectivity index is 0.00000363. The van der Waals surface area contributed by atoms with E-state index in [1.54, 1.807) is 0 Å². The number of hydrogen-bond donors (Lipinski definition) is 4. The van der Waals surface area contributed by atoms with Gasteiger partial charge in [0.2, 0.25) is 0 Å². The van der Waals surface area contributed by atoms with Crippen LogP contribution in [0, 0.1) is 132 Å². The number of hydrogen-bond acceptors (Lipinski definition) is 10. The summed E-state index contributed by atoms with van der Waals surface area (Å²) in [7, 11) is 1.52. The van der Waals surface area contributed by atoms with Gasteiger partial charge in [0, 0.05) is 149 Å². The smallest absolute Gasteiger partial charge is 0.169 e. The summed E-state index contributed by atoms with van der Waals surface area (Å²) in [6, 6.07) is 7.65. The van der Waals surface area contributed by atoms with Crippen LogP contribution in [0.1, 0.15) is 6.92 Å². The Bertz CT molecular complexity index is 771. The Hall–Kier alpha value is 2.88.